The highest BCUT2D eigenvalue weighted by Gasteiger charge is 2.26. The minimum atomic E-state index is -0.501. The van der Waals surface area contributed by atoms with Crippen molar-refractivity contribution in [2.24, 2.45) is 5.92 Å². The third-order valence-corrected chi connectivity index (χ3v) is 6.23. The molecule has 2 amide bonds. The quantitative estimate of drug-likeness (QED) is 0.168. The fourth-order valence-corrected chi connectivity index (χ4v) is 4.23. The highest BCUT2D eigenvalue weighted by atomic mass is 32.2. The predicted molar refractivity (Wildman–Crippen MR) is 139 cm³/mol. The Morgan fingerprint density at radius 2 is 1.92 bits per heavy atom. The van der Waals surface area contributed by atoms with E-state index in [1.807, 2.05) is 43.5 Å². The normalized spacial score (nSPS) is 11.7. The molecular formula is C25H28N6O4S. The zero-order valence-electron chi connectivity index (χ0n) is 20.3. The largest absolute Gasteiger partial charge is 0.342 e. The molecule has 0 aliphatic carbocycles. The lowest BCUT2D eigenvalue weighted by molar-refractivity contribution is -0.384. The Morgan fingerprint density at radius 3 is 2.53 bits per heavy atom. The standard InChI is InChI=1S/C25H28N6O4S/c1-5-13-30-23(22(16(2)3)27-24(33)18-8-6-7-17(4)14-18)28-29-25(30)36-15-21(32)26-19-9-11-20(12-10-19)31(34)35/h5-12,14,16,22H,1,13,15H2,2-4H3,(H,26,32)(H,27,33)/t22-/m0/s1. The number of nitrogens with one attached hydrogen (secondary N) is 2. The van der Waals surface area contributed by atoms with Gasteiger partial charge in [-0.1, -0.05) is 49.4 Å². The van der Waals surface area contributed by atoms with Crippen LogP contribution in [0.4, 0.5) is 11.4 Å². The van der Waals surface area contributed by atoms with Gasteiger partial charge in [0.25, 0.3) is 11.6 Å². The van der Waals surface area contributed by atoms with Crippen molar-refractivity contribution in [1.82, 2.24) is 20.1 Å². The Kier molecular flexibility index (Phi) is 8.96. The maximum atomic E-state index is 12.9. The van der Waals surface area contributed by atoms with E-state index in [2.05, 4.69) is 27.4 Å². The number of benzene rings is 2. The van der Waals surface area contributed by atoms with Crippen LogP contribution in [0.5, 0.6) is 0 Å². The molecule has 3 rings (SSSR count). The van der Waals surface area contributed by atoms with Gasteiger partial charge in [-0.25, -0.2) is 0 Å². The summed E-state index contributed by atoms with van der Waals surface area (Å²) in [5.74, 6) is 0.145. The van der Waals surface area contributed by atoms with Crippen molar-refractivity contribution in [2.75, 3.05) is 11.1 Å². The molecule has 0 fully saturated rings. The van der Waals surface area contributed by atoms with E-state index in [1.165, 1.54) is 36.0 Å². The summed E-state index contributed by atoms with van der Waals surface area (Å²) in [6.07, 6.45) is 1.70. The molecule has 36 heavy (non-hydrogen) atoms. The SMILES string of the molecule is C=CCn1c(SCC(=O)Nc2ccc([N+](=O)[O-])cc2)nnc1[C@@H](NC(=O)c1cccc(C)c1)C(C)C. The summed E-state index contributed by atoms with van der Waals surface area (Å²) in [5.41, 5.74) is 1.96. The smallest absolute Gasteiger partial charge is 0.269 e. The van der Waals surface area contributed by atoms with Crippen LogP contribution in [-0.2, 0) is 11.3 Å². The number of nitrogens with zero attached hydrogens (tertiary/aromatic N) is 4. The molecule has 0 spiro atoms. The predicted octanol–water partition coefficient (Wildman–Crippen LogP) is 4.54. The van der Waals surface area contributed by atoms with Crippen LogP contribution < -0.4 is 10.6 Å². The van der Waals surface area contributed by atoms with Crippen LogP contribution in [0.2, 0.25) is 0 Å². The Morgan fingerprint density at radius 1 is 1.19 bits per heavy atom. The molecule has 0 aliphatic heterocycles. The van der Waals surface area contributed by atoms with Gasteiger partial charge in [0.15, 0.2) is 11.0 Å². The van der Waals surface area contributed by atoms with Gasteiger partial charge in [-0.05, 0) is 37.1 Å². The summed E-state index contributed by atoms with van der Waals surface area (Å²) in [5, 5.41) is 25.7. The second kappa shape index (κ2) is 12.1. The summed E-state index contributed by atoms with van der Waals surface area (Å²) < 4.78 is 1.83. The Balaban J connectivity index is 1.72. The van der Waals surface area contributed by atoms with Gasteiger partial charge >= 0.3 is 0 Å². The van der Waals surface area contributed by atoms with Crippen molar-refractivity contribution >= 4 is 35.0 Å². The van der Waals surface area contributed by atoms with E-state index in [-0.39, 0.29) is 29.2 Å². The molecule has 2 N–H and O–H groups in total. The number of rotatable bonds is 11. The fourth-order valence-electron chi connectivity index (χ4n) is 3.47. The second-order valence-electron chi connectivity index (χ2n) is 8.45. The van der Waals surface area contributed by atoms with Gasteiger partial charge < -0.3 is 15.2 Å². The third kappa shape index (κ3) is 6.79. The number of nitro groups is 1. The first-order valence-electron chi connectivity index (χ1n) is 11.3. The van der Waals surface area contributed by atoms with Crippen LogP contribution in [0, 0.1) is 23.0 Å². The Labute approximate surface area is 213 Å². The number of anilines is 1. The summed E-state index contributed by atoms with van der Waals surface area (Å²) in [6, 6.07) is 12.6. The van der Waals surface area contributed by atoms with E-state index in [4.69, 9.17) is 0 Å². The summed E-state index contributed by atoms with van der Waals surface area (Å²) >= 11 is 1.20. The van der Waals surface area contributed by atoms with Crippen LogP contribution in [0.25, 0.3) is 0 Å². The van der Waals surface area contributed by atoms with Crippen molar-refractivity contribution in [2.45, 2.75) is 38.5 Å². The third-order valence-electron chi connectivity index (χ3n) is 5.26. The van der Waals surface area contributed by atoms with Crippen molar-refractivity contribution in [1.29, 1.82) is 0 Å². The van der Waals surface area contributed by atoms with E-state index in [0.717, 1.165) is 5.56 Å². The second-order valence-corrected chi connectivity index (χ2v) is 9.39. The Hall–Kier alpha value is -3.99. The molecule has 0 radical (unpaired) electrons. The van der Waals surface area contributed by atoms with E-state index in [0.29, 0.717) is 28.8 Å². The first kappa shape index (κ1) is 26.6. The molecule has 0 saturated heterocycles. The van der Waals surface area contributed by atoms with Gasteiger partial charge in [-0.2, -0.15) is 0 Å². The van der Waals surface area contributed by atoms with Crippen LogP contribution in [0.15, 0.2) is 66.3 Å². The maximum absolute atomic E-state index is 12.9. The number of carbonyl (C=O) groups is 2. The molecule has 0 bridgehead atoms. The maximum Gasteiger partial charge on any atom is 0.269 e. The molecule has 0 saturated carbocycles. The van der Waals surface area contributed by atoms with Crippen LogP contribution in [0.1, 0.15) is 41.6 Å². The number of hydrogen-bond acceptors (Lipinski definition) is 7. The molecule has 0 aliphatic rings. The average molecular weight is 509 g/mol. The number of hydrogen-bond donors (Lipinski definition) is 2. The zero-order chi connectivity index (χ0) is 26.2. The van der Waals surface area contributed by atoms with Crippen molar-refractivity contribution in [3.8, 4) is 0 Å². The van der Waals surface area contributed by atoms with Crippen LogP contribution in [-0.4, -0.2) is 37.3 Å². The van der Waals surface area contributed by atoms with E-state index in [1.54, 1.807) is 12.1 Å². The number of non-ortho nitro benzene ring substituents is 1. The highest BCUT2D eigenvalue weighted by Crippen LogP contribution is 2.26. The molecule has 1 atom stereocenters. The lowest BCUT2D eigenvalue weighted by atomic mass is 10.0. The van der Waals surface area contributed by atoms with Gasteiger partial charge in [-0.3, -0.25) is 19.7 Å². The van der Waals surface area contributed by atoms with Crippen molar-refractivity contribution in [3.05, 3.63) is 88.3 Å². The molecular weight excluding hydrogens is 480 g/mol. The minimum absolute atomic E-state index is 0.0230. The first-order valence-corrected chi connectivity index (χ1v) is 12.3. The summed E-state index contributed by atoms with van der Waals surface area (Å²) in [7, 11) is 0. The molecule has 11 heteroatoms. The fraction of sp³-hybridized carbons (Fsp3) is 0.280. The number of allylic oxidation sites excluding steroid dienone is 1. The number of carbonyl (C=O) groups excluding carboxylic acids is 2. The van der Waals surface area contributed by atoms with E-state index >= 15 is 0 Å². The number of aryl methyl sites for hydroxylation is 1. The van der Waals surface area contributed by atoms with Crippen LogP contribution >= 0.6 is 11.8 Å². The monoisotopic (exact) mass is 508 g/mol. The van der Waals surface area contributed by atoms with Crippen molar-refractivity contribution in [3.63, 3.8) is 0 Å². The minimum Gasteiger partial charge on any atom is -0.342 e. The number of aromatic nitrogens is 3. The van der Waals surface area contributed by atoms with Gasteiger partial charge in [0.05, 0.1) is 16.7 Å². The number of nitro benzene ring substituents is 1. The highest BCUT2D eigenvalue weighted by molar-refractivity contribution is 7.99. The van der Waals surface area contributed by atoms with E-state index in [9.17, 15) is 19.7 Å². The number of amides is 2. The molecule has 188 valence electrons. The topological polar surface area (TPSA) is 132 Å². The molecule has 3 aromatic rings. The lowest BCUT2D eigenvalue weighted by Crippen LogP contribution is -2.34. The van der Waals surface area contributed by atoms with Crippen molar-refractivity contribution < 1.29 is 14.5 Å². The number of thioether (sulfide) groups is 1. The van der Waals surface area contributed by atoms with Crippen LogP contribution in [0.3, 0.4) is 0 Å². The lowest BCUT2D eigenvalue weighted by Gasteiger charge is -2.22. The molecule has 10 nitrogen and oxygen atoms in total. The molecule has 1 heterocycles. The summed E-state index contributed by atoms with van der Waals surface area (Å²) in [6.45, 7) is 10.1. The van der Waals surface area contributed by atoms with E-state index < -0.39 is 11.0 Å². The zero-order valence-corrected chi connectivity index (χ0v) is 21.1. The molecule has 1 aromatic heterocycles. The van der Waals surface area contributed by atoms with Gasteiger partial charge in [0, 0.05) is 29.9 Å². The van der Waals surface area contributed by atoms with Gasteiger partial charge in [0.2, 0.25) is 5.91 Å². The van der Waals surface area contributed by atoms with Gasteiger partial charge in [-0.15, -0.1) is 16.8 Å². The Bertz CT molecular complexity index is 1260. The first-order chi connectivity index (χ1) is 17.2. The molecule has 0 unspecified atom stereocenters. The van der Waals surface area contributed by atoms with Gasteiger partial charge in [0.1, 0.15) is 0 Å². The summed E-state index contributed by atoms with van der Waals surface area (Å²) in [4.78, 5) is 35.7. The average Bonchev–Trinajstić information content (AvgIpc) is 3.23. The molecule has 2 aromatic carbocycles.